The number of halogens is 1. The molecule has 4 rings (SSSR count). The number of fused-ring (bicyclic) bond motifs is 3. The lowest BCUT2D eigenvalue weighted by Crippen LogP contribution is -2.54. The third-order valence-electron chi connectivity index (χ3n) is 5.70. The molecule has 3 aromatic rings. The zero-order valence-electron chi connectivity index (χ0n) is 17.0. The van der Waals surface area contributed by atoms with E-state index in [1.54, 1.807) is 6.07 Å². The SMILES string of the molecule is C[C@@](Cc1ccccc1F)(NC(=O)OCC1c2ccccc2-c2ccccc21)C(=O)O. The summed E-state index contributed by atoms with van der Waals surface area (Å²) < 4.78 is 19.5. The summed E-state index contributed by atoms with van der Waals surface area (Å²) in [5, 5.41) is 12.1. The molecule has 158 valence electrons. The second-order valence-electron chi connectivity index (χ2n) is 7.86. The normalized spacial score (nSPS) is 14.3. The van der Waals surface area contributed by atoms with Gasteiger partial charge in [-0.15, -0.1) is 0 Å². The third-order valence-corrected chi connectivity index (χ3v) is 5.70. The molecule has 0 radical (unpaired) electrons. The highest BCUT2D eigenvalue weighted by Crippen LogP contribution is 2.44. The van der Waals surface area contributed by atoms with Crippen molar-refractivity contribution in [2.75, 3.05) is 6.61 Å². The predicted octanol–water partition coefficient (Wildman–Crippen LogP) is 4.75. The first-order chi connectivity index (χ1) is 14.9. The molecule has 0 saturated heterocycles. The Morgan fingerprint density at radius 1 is 0.968 bits per heavy atom. The number of hydrogen-bond acceptors (Lipinski definition) is 3. The topological polar surface area (TPSA) is 75.6 Å². The van der Waals surface area contributed by atoms with Gasteiger partial charge in [-0.25, -0.2) is 14.0 Å². The Labute approximate surface area is 179 Å². The predicted molar refractivity (Wildman–Crippen MR) is 114 cm³/mol. The zero-order valence-corrected chi connectivity index (χ0v) is 17.0. The van der Waals surface area contributed by atoms with Gasteiger partial charge in [0.15, 0.2) is 0 Å². The Balaban J connectivity index is 1.48. The summed E-state index contributed by atoms with van der Waals surface area (Å²) >= 11 is 0. The van der Waals surface area contributed by atoms with Gasteiger partial charge >= 0.3 is 12.1 Å². The van der Waals surface area contributed by atoms with Crippen LogP contribution in [0, 0.1) is 5.82 Å². The largest absolute Gasteiger partial charge is 0.480 e. The van der Waals surface area contributed by atoms with Crippen LogP contribution in [0.25, 0.3) is 11.1 Å². The highest BCUT2D eigenvalue weighted by molar-refractivity contribution is 5.84. The van der Waals surface area contributed by atoms with Crippen LogP contribution in [0.4, 0.5) is 9.18 Å². The lowest BCUT2D eigenvalue weighted by Gasteiger charge is -2.26. The number of carbonyl (C=O) groups excluding carboxylic acids is 1. The highest BCUT2D eigenvalue weighted by Gasteiger charge is 2.37. The van der Waals surface area contributed by atoms with E-state index in [1.165, 1.54) is 25.1 Å². The molecular weight excluding hydrogens is 397 g/mol. The maximum atomic E-state index is 14.0. The minimum Gasteiger partial charge on any atom is -0.480 e. The van der Waals surface area contributed by atoms with Crippen molar-refractivity contribution in [2.45, 2.75) is 24.8 Å². The van der Waals surface area contributed by atoms with Gasteiger partial charge in [0.2, 0.25) is 0 Å². The van der Waals surface area contributed by atoms with E-state index in [9.17, 15) is 19.1 Å². The maximum Gasteiger partial charge on any atom is 0.408 e. The van der Waals surface area contributed by atoms with Gasteiger partial charge in [-0.3, -0.25) is 0 Å². The van der Waals surface area contributed by atoms with Crippen molar-refractivity contribution in [2.24, 2.45) is 0 Å². The highest BCUT2D eigenvalue weighted by atomic mass is 19.1. The quantitative estimate of drug-likeness (QED) is 0.605. The molecule has 0 heterocycles. The fourth-order valence-corrected chi connectivity index (χ4v) is 4.06. The first-order valence-corrected chi connectivity index (χ1v) is 9.99. The number of carbonyl (C=O) groups is 2. The van der Waals surface area contributed by atoms with E-state index in [1.807, 2.05) is 48.5 Å². The van der Waals surface area contributed by atoms with Gasteiger partial charge in [-0.2, -0.15) is 0 Å². The molecule has 1 atom stereocenters. The second kappa shape index (κ2) is 8.22. The van der Waals surface area contributed by atoms with Crippen molar-refractivity contribution in [1.82, 2.24) is 5.32 Å². The molecule has 0 spiro atoms. The summed E-state index contributed by atoms with van der Waals surface area (Å²) in [6.07, 6.45) is -1.07. The summed E-state index contributed by atoms with van der Waals surface area (Å²) in [6, 6.07) is 21.8. The number of nitrogens with one attached hydrogen (secondary N) is 1. The average molecular weight is 419 g/mol. The monoisotopic (exact) mass is 419 g/mol. The van der Waals surface area contributed by atoms with Crippen molar-refractivity contribution in [1.29, 1.82) is 0 Å². The van der Waals surface area contributed by atoms with Crippen LogP contribution in [0.1, 0.15) is 29.5 Å². The van der Waals surface area contributed by atoms with Gasteiger partial charge in [0.25, 0.3) is 0 Å². The van der Waals surface area contributed by atoms with E-state index in [0.717, 1.165) is 22.3 Å². The zero-order chi connectivity index (χ0) is 22.0. The number of alkyl carbamates (subject to hydrolysis) is 1. The third kappa shape index (κ3) is 4.01. The standard InChI is InChI=1S/C25H22FNO4/c1-25(23(28)29,14-16-8-2-7-13-22(16)26)27-24(30)31-15-21-19-11-5-3-9-17(19)18-10-4-6-12-20(18)21/h2-13,21H,14-15H2,1H3,(H,27,30)(H,28,29)/t25-/m0/s1. The van der Waals surface area contributed by atoms with Gasteiger partial charge < -0.3 is 15.2 Å². The molecule has 0 saturated carbocycles. The van der Waals surface area contributed by atoms with E-state index in [2.05, 4.69) is 5.32 Å². The molecule has 0 fully saturated rings. The molecule has 0 bridgehead atoms. The van der Waals surface area contributed by atoms with Crippen LogP contribution >= 0.6 is 0 Å². The van der Waals surface area contributed by atoms with Gasteiger partial charge in [0.1, 0.15) is 18.0 Å². The molecule has 6 heteroatoms. The van der Waals surface area contributed by atoms with Crippen molar-refractivity contribution >= 4 is 12.1 Å². The van der Waals surface area contributed by atoms with E-state index in [4.69, 9.17) is 4.74 Å². The molecular formula is C25H22FNO4. The summed E-state index contributed by atoms with van der Waals surface area (Å²) in [4.78, 5) is 24.4. The maximum absolute atomic E-state index is 14.0. The number of carboxylic acids is 1. The Morgan fingerprint density at radius 3 is 2.10 bits per heavy atom. The van der Waals surface area contributed by atoms with Crippen molar-refractivity contribution in [3.05, 3.63) is 95.3 Å². The van der Waals surface area contributed by atoms with E-state index >= 15 is 0 Å². The van der Waals surface area contributed by atoms with Gasteiger partial charge in [0, 0.05) is 12.3 Å². The smallest absolute Gasteiger partial charge is 0.408 e. The van der Waals surface area contributed by atoms with Gasteiger partial charge in [-0.05, 0) is 40.8 Å². The molecule has 0 aromatic heterocycles. The molecule has 0 unspecified atom stereocenters. The van der Waals surface area contributed by atoms with Gasteiger partial charge in [0.05, 0.1) is 0 Å². The van der Waals surface area contributed by atoms with Crippen molar-refractivity contribution < 1.29 is 23.8 Å². The van der Waals surface area contributed by atoms with Crippen LogP contribution in [-0.4, -0.2) is 29.3 Å². The molecule has 5 nitrogen and oxygen atoms in total. The number of carboxylic acid groups (broad SMARTS) is 1. The summed E-state index contributed by atoms with van der Waals surface area (Å²) in [6.45, 7) is 1.40. The Bertz CT molecular complexity index is 1100. The molecule has 3 aromatic carbocycles. The number of aliphatic carboxylic acids is 1. The minimum absolute atomic E-state index is 0.0647. The van der Waals surface area contributed by atoms with Gasteiger partial charge in [-0.1, -0.05) is 66.7 Å². The second-order valence-corrected chi connectivity index (χ2v) is 7.86. The van der Waals surface area contributed by atoms with Crippen LogP contribution in [0.3, 0.4) is 0 Å². The van der Waals surface area contributed by atoms with E-state index in [0.29, 0.717) is 0 Å². The number of ether oxygens (including phenoxy) is 1. The summed E-state index contributed by atoms with van der Waals surface area (Å²) in [5.41, 5.74) is 2.80. The summed E-state index contributed by atoms with van der Waals surface area (Å²) in [7, 11) is 0. The van der Waals surface area contributed by atoms with Crippen LogP contribution in [0.15, 0.2) is 72.8 Å². The van der Waals surface area contributed by atoms with Crippen LogP contribution in [0.5, 0.6) is 0 Å². The Morgan fingerprint density at radius 2 is 1.52 bits per heavy atom. The number of hydrogen-bond donors (Lipinski definition) is 2. The van der Waals surface area contributed by atoms with Crippen LogP contribution in [0.2, 0.25) is 0 Å². The van der Waals surface area contributed by atoms with Crippen LogP contribution < -0.4 is 5.32 Å². The molecule has 31 heavy (non-hydrogen) atoms. The number of amides is 1. The molecule has 0 aliphatic heterocycles. The molecule has 1 aliphatic carbocycles. The van der Waals surface area contributed by atoms with Crippen LogP contribution in [-0.2, 0) is 16.0 Å². The lowest BCUT2D eigenvalue weighted by atomic mass is 9.92. The molecule has 2 N–H and O–H groups in total. The minimum atomic E-state index is -1.72. The van der Waals surface area contributed by atoms with Crippen molar-refractivity contribution in [3.8, 4) is 11.1 Å². The lowest BCUT2D eigenvalue weighted by molar-refractivity contribution is -0.143. The number of benzene rings is 3. The molecule has 1 aliphatic rings. The Hall–Kier alpha value is -3.67. The fourth-order valence-electron chi connectivity index (χ4n) is 4.06. The first kappa shape index (κ1) is 20.6. The fraction of sp³-hybridized carbons (Fsp3) is 0.200. The Kier molecular flexibility index (Phi) is 5.46. The average Bonchev–Trinajstić information content (AvgIpc) is 3.08. The molecule has 1 amide bonds. The summed E-state index contributed by atoms with van der Waals surface area (Å²) in [5.74, 6) is -1.94. The van der Waals surface area contributed by atoms with E-state index in [-0.39, 0.29) is 24.5 Å². The van der Waals surface area contributed by atoms with E-state index < -0.39 is 23.4 Å². The number of rotatable bonds is 6. The first-order valence-electron chi connectivity index (χ1n) is 9.99. The van der Waals surface area contributed by atoms with Crippen molar-refractivity contribution in [3.63, 3.8) is 0 Å².